The fourth-order valence-corrected chi connectivity index (χ4v) is 7.49. The number of para-hydroxylation sites is 1. The van der Waals surface area contributed by atoms with Gasteiger partial charge in [0.25, 0.3) is 11.8 Å². The molecule has 0 fully saturated rings. The monoisotopic (exact) mass is 684 g/mol. The predicted molar refractivity (Wildman–Crippen MR) is 189 cm³/mol. The molecule has 0 atom stereocenters. The van der Waals surface area contributed by atoms with Crippen molar-refractivity contribution in [2.24, 2.45) is 0 Å². The Hall–Kier alpha value is -4.61. The number of imide groups is 1. The quantitative estimate of drug-likeness (QED) is 0.103. The minimum absolute atomic E-state index is 0.0899. The molecule has 3 amide bonds. The molecule has 3 aliphatic rings. The Morgan fingerprint density at radius 2 is 1.59 bits per heavy atom. The maximum absolute atomic E-state index is 12.3. The summed E-state index contributed by atoms with van der Waals surface area (Å²) >= 11 is 0. The topological polar surface area (TPSA) is 130 Å². The van der Waals surface area contributed by atoms with E-state index in [4.69, 9.17) is 0 Å². The van der Waals surface area contributed by atoms with Crippen LogP contribution in [0.2, 0.25) is 0 Å². The van der Waals surface area contributed by atoms with Crippen molar-refractivity contribution < 1.29 is 31.9 Å². The molecule has 0 aliphatic carbocycles. The van der Waals surface area contributed by atoms with E-state index in [0.717, 1.165) is 47.7 Å². The Morgan fingerprint density at radius 1 is 0.878 bits per heavy atom. The van der Waals surface area contributed by atoms with Gasteiger partial charge in [0.1, 0.15) is 17.2 Å². The second-order valence-electron chi connectivity index (χ2n) is 13.6. The lowest BCUT2D eigenvalue weighted by molar-refractivity contribution is -0.401. The van der Waals surface area contributed by atoms with Gasteiger partial charge in [0.05, 0.1) is 10.3 Å². The van der Waals surface area contributed by atoms with E-state index in [-0.39, 0.29) is 41.1 Å². The van der Waals surface area contributed by atoms with Crippen molar-refractivity contribution in [3.8, 4) is 0 Å². The van der Waals surface area contributed by atoms with Crippen molar-refractivity contribution >= 4 is 44.9 Å². The maximum Gasteiger partial charge on any atom is 0.253 e. The molecule has 0 radical (unpaired) electrons. The maximum atomic E-state index is 12.3. The minimum Gasteiger partial charge on any atom is -0.744 e. The molecule has 0 spiro atoms. The third kappa shape index (κ3) is 7.38. The van der Waals surface area contributed by atoms with E-state index in [2.05, 4.69) is 54.4 Å². The summed E-state index contributed by atoms with van der Waals surface area (Å²) in [7, 11) is -2.61. The SMILES string of the molecule is C[N+]1=C(C=CC=CC=C2N(CCCCCC(=O)NCCN3C(=O)C=CC3=O)c3ccccc3C2(C)C)C(C)(C)c2cc(S(=O)(=O)[O-])ccc21. The zero-order valence-corrected chi connectivity index (χ0v) is 29.5. The van der Waals surface area contributed by atoms with Crippen molar-refractivity contribution in [3.63, 3.8) is 0 Å². The van der Waals surface area contributed by atoms with E-state index in [0.29, 0.717) is 6.42 Å². The fraction of sp³-hybridized carbons (Fsp3) is 0.368. The first-order valence-corrected chi connectivity index (χ1v) is 18.0. The minimum atomic E-state index is -4.55. The molecule has 3 aliphatic heterocycles. The van der Waals surface area contributed by atoms with Crippen LogP contribution in [0, 0.1) is 0 Å². The molecule has 0 aromatic heterocycles. The predicted octanol–water partition coefficient (Wildman–Crippen LogP) is 4.99. The summed E-state index contributed by atoms with van der Waals surface area (Å²) in [6.07, 6.45) is 15.5. The number of unbranched alkanes of at least 4 members (excludes halogenated alkanes) is 2. The molecule has 0 saturated carbocycles. The van der Waals surface area contributed by atoms with E-state index in [1.165, 1.54) is 41.2 Å². The van der Waals surface area contributed by atoms with E-state index in [1.807, 2.05) is 49.8 Å². The van der Waals surface area contributed by atoms with Crippen LogP contribution in [-0.2, 0) is 35.3 Å². The molecule has 3 heterocycles. The molecular weight excluding hydrogens is 641 g/mol. The Bertz CT molecular complexity index is 1920. The van der Waals surface area contributed by atoms with Crippen LogP contribution in [-0.4, -0.2) is 72.6 Å². The highest BCUT2D eigenvalue weighted by Crippen LogP contribution is 2.47. The molecule has 258 valence electrons. The molecule has 2 aromatic rings. The van der Waals surface area contributed by atoms with E-state index >= 15 is 0 Å². The highest BCUT2D eigenvalue weighted by Gasteiger charge is 2.43. The number of hydrogen-bond acceptors (Lipinski definition) is 7. The van der Waals surface area contributed by atoms with E-state index in [9.17, 15) is 27.4 Å². The smallest absolute Gasteiger partial charge is 0.253 e. The first kappa shape index (κ1) is 35.7. The van der Waals surface area contributed by atoms with Gasteiger partial charge in [-0.15, -0.1) is 0 Å². The van der Waals surface area contributed by atoms with Crippen LogP contribution in [0.3, 0.4) is 0 Å². The number of carbonyl (C=O) groups is 3. The lowest BCUT2D eigenvalue weighted by Gasteiger charge is -2.27. The summed E-state index contributed by atoms with van der Waals surface area (Å²) in [5, 5.41) is 2.80. The van der Waals surface area contributed by atoms with Crippen molar-refractivity contribution in [2.75, 3.05) is 31.6 Å². The third-order valence-corrected chi connectivity index (χ3v) is 10.5. The zero-order chi connectivity index (χ0) is 35.6. The number of allylic oxidation sites excluding steroid dienone is 6. The van der Waals surface area contributed by atoms with Crippen LogP contribution in [0.25, 0.3) is 0 Å². The number of anilines is 1. The number of hydrogen-bond donors (Lipinski definition) is 1. The first-order valence-electron chi connectivity index (χ1n) is 16.6. The van der Waals surface area contributed by atoms with Gasteiger partial charge in [-0.1, -0.05) is 56.7 Å². The largest absolute Gasteiger partial charge is 0.744 e. The molecule has 0 bridgehead atoms. The fourth-order valence-electron chi connectivity index (χ4n) is 6.99. The molecular formula is C38H44N4O6S. The number of amides is 3. The van der Waals surface area contributed by atoms with Crippen LogP contribution < -0.4 is 10.2 Å². The number of nitrogens with zero attached hydrogens (tertiary/aromatic N) is 3. The molecule has 5 rings (SSSR count). The molecule has 0 unspecified atom stereocenters. The Morgan fingerprint density at radius 3 is 2.31 bits per heavy atom. The average Bonchev–Trinajstić information content (AvgIpc) is 3.55. The van der Waals surface area contributed by atoms with Crippen LogP contribution in [0.1, 0.15) is 64.5 Å². The van der Waals surface area contributed by atoms with Gasteiger partial charge < -0.3 is 14.8 Å². The molecule has 11 heteroatoms. The van der Waals surface area contributed by atoms with Gasteiger partial charge >= 0.3 is 0 Å². The van der Waals surface area contributed by atoms with Crippen LogP contribution in [0.4, 0.5) is 11.4 Å². The third-order valence-electron chi connectivity index (χ3n) is 9.67. The molecule has 1 N–H and O–H groups in total. The lowest BCUT2D eigenvalue weighted by Crippen LogP contribution is -2.38. The number of carbonyl (C=O) groups excluding carboxylic acids is 3. The van der Waals surface area contributed by atoms with E-state index in [1.54, 1.807) is 6.07 Å². The second kappa shape index (κ2) is 14.1. The lowest BCUT2D eigenvalue weighted by atomic mass is 9.81. The summed E-state index contributed by atoms with van der Waals surface area (Å²) in [6.45, 7) is 9.70. The highest BCUT2D eigenvalue weighted by atomic mass is 32.2. The number of benzene rings is 2. The molecule has 2 aromatic carbocycles. The summed E-state index contributed by atoms with van der Waals surface area (Å²) in [6, 6.07) is 13.0. The molecule has 0 saturated heterocycles. The molecule has 49 heavy (non-hydrogen) atoms. The van der Waals surface area contributed by atoms with Crippen molar-refractivity contribution in [2.45, 2.75) is 69.1 Å². The van der Waals surface area contributed by atoms with Gasteiger partial charge in [0.2, 0.25) is 11.6 Å². The van der Waals surface area contributed by atoms with Crippen LogP contribution >= 0.6 is 0 Å². The van der Waals surface area contributed by atoms with Crippen molar-refractivity contribution in [1.82, 2.24) is 10.2 Å². The van der Waals surface area contributed by atoms with Gasteiger partial charge in [0, 0.05) is 72.7 Å². The van der Waals surface area contributed by atoms with Gasteiger partial charge in [-0.2, -0.15) is 4.58 Å². The van der Waals surface area contributed by atoms with Gasteiger partial charge in [0.15, 0.2) is 5.71 Å². The molecule has 10 nitrogen and oxygen atoms in total. The van der Waals surface area contributed by atoms with E-state index < -0.39 is 15.5 Å². The first-order chi connectivity index (χ1) is 23.1. The number of fused-ring (bicyclic) bond motifs is 2. The van der Waals surface area contributed by atoms with Crippen molar-refractivity contribution in [3.05, 3.63) is 102 Å². The normalized spacial score (nSPS) is 18.9. The summed E-state index contributed by atoms with van der Waals surface area (Å²) in [5.74, 6) is -0.790. The van der Waals surface area contributed by atoms with Crippen LogP contribution in [0.15, 0.2) is 95.6 Å². The van der Waals surface area contributed by atoms with Crippen LogP contribution in [0.5, 0.6) is 0 Å². The average molecular weight is 685 g/mol. The highest BCUT2D eigenvalue weighted by molar-refractivity contribution is 7.85. The summed E-state index contributed by atoms with van der Waals surface area (Å²) < 4.78 is 37.0. The van der Waals surface area contributed by atoms with Gasteiger partial charge in [-0.3, -0.25) is 19.3 Å². The number of rotatable bonds is 13. The standard InChI is InChI=1S/C38H44N4O6S/c1-37(2)28-14-11-12-15-31(28)41(24-13-7-10-18-34(43)39-23-25-42-35(44)21-22-36(42)45)33(37)17-9-6-8-16-32-38(3,4)29-26-27(49(46,47)48)19-20-30(29)40(32)5/h6,8-9,11-12,14-17,19-22,26H,7,10,13,18,23-25H2,1-5H3,(H-,39,43,46,47,48). The Labute approximate surface area is 288 Å². The summed E-state index contributed by atoms with van der Waals surface area (Å²) in [5.41, 5.74) is 5.58. The van der Waals surface area contributed by atoms with Gasteiger partial charge in [-0.25, -0.2) is 8.42 Å². The second-order valence-corrected chi connectivity index (χ2v) is 15.0. The van der Waals surface area contributed by atoms with Gasteiger partial charge in [-0.05, 0) is 56.5 Å². The number of nitrogens with one attached hydrogen (secondary N) is 1. The zero-order valence-electron chi connectivity index (χ0n) is 28.7. The Kier molecular flexibility index (Phi) is 10.3. The summed E-state index contributed by atoms with van der Waals surface area (Å²) in [4.78, 5) is 38.9. The van der Waals surface area contributed by atoms with Crippen molar-refractivity contribution in [1.29, 1.82) is 0 Å². The Balaban J connectivity index is 1.19.